The first-order valence-electron chi connectivity index (χ1n) is 5.01. The highest BCUT2D eigenvalue weighted by atomic mass is 32.1. The quantitative estimate of drug-likeness (QED) is 0.746. The molecule has 1 rings (SSSR count). The molecule has 0 aliphatic heterocycles. The molecule has 0 amide bonds. The minimum atomic E-state index is -0.0231. The molecule has 0 radical (unpaired) electrons. The molecule has 0 aromatic heterocycles. The Bertz CT molecular complexity index is 271. The minimum Gasteiger partial charge on any atom is -0.308 e. The van der Waals surface area contributed by atoms with Crippen LogP contribution >= 0.6 is 12.6 Å². The van der Waals surface area contributed by atoms with Crippen molar-refractivity contribution in [3.63, 3.8) is 0 Å². The van der Waals surface area contributed by atoms with Gasteiger partial charge in [0.1, 0.15) is 0 Å². The van der Waals surface area contributed by atoms with Gasteiger partial charge in [0.15, 0.2) is 0 Å². The van der Waals surface area contributed by atoms with Crippen LogP contribution in [0.4, 0.5) is 0 Å². The highest BCUT2D eigenvalue weighted by Gasteiger charge is 2.25. The standard InChI is InChI=1S/C12H19NS/c1-4-12(14,10-13(2)3)11-8-6-5-7-9-11/h5-9,14H,4,10H2,1-3H3. The van der Waals surface area contributed by atoms with Crippen LogP contribution in [-0.2, 0) is 4.75 Å². The van der Waals surface area contributed by atoms with Gasteiger partial charge in [-0.3, -0.25) is 0 Å². The molecular formula is C12H19NS. The number of rotatable bonds is 4. The SMILES string of the molecule is CCC(S)(CN(C)C)c1ccccc1. The summed E-state index contributed by atoms with van der Waals surface area (Å²) in [7, 11) is 4.17. The third kappa shape index (κ3) is 2.76. The van der Waals surface area contributed by atoms with E-state index in [0.29, 0.717) is 0 Å². The molecule has 0 saturated carbocycles. The Kier molecular flexibility index (Phi) is 4.02. The summed E-state index contributed by atoms with van der Waals surface area (Å²) in [6.45, 7) is 3.15. The van der Waals surface area contributed by atoms with Crippen molar-refractivity contribution in [1.29, 1.82) is 0 Å². The zero-order chi connectivity index (χ0) is 10.6. The molecule has 1 atom stereocenters. The number of nitrogens with zero attached hydrogens (tertiary/aromatic N) is 1. The van der Waals surface area contributed by atoms with Crippen molar-refractivity contribution in [3.8, 4) is 0 Å². The Morgan fingerprint density at radius 1 is 1.21 bits per heavy atom. The Balaban J connectivity index is 2.90. The maximum atomic E-state index is 4.81. The zero-order valence-electron chi connectivity index (χ0n) is 9.20. The van der Waals surface area contributed by atoms with Gasteiger partial charge in [0.05, 0.1) is 4.75 Å². The third-order valence-corrected chi connectivity index (χ3v) is 3.19. The summed E-state index contributed by atoms with van der Waals surface area (Å²) in [4.78, 5) is 2.18. The summed E-state index contributed by atoms with van der Waals surface area (Å²) < 4.78 is -0.0231. The number of benzene rings is 1. The maximum Gasteiger partial charge on any atom is 0.0502 e. The topological polar surface area (TPSA) is 3.24 Å². The van der Waals surface area contributed by atoms with Crippen LogP contribution in [0.25, 0.3) is 0 Å². The van der Waals surface area contributed by atoms with Crippen molar-refractivity contribution < 1.29 is 0 Å². The van der Waals surface area contributed by atoms with Crippen molar-refractivity contribution in [2.75, 3.05) is 20.6 Å². The fraction of sp³-hybridized carbons (Fsp3) is 0.500. The molecule has 0 heterocycles. The van der Waals surface area contributed by atoms with Gasteiger partial charge >= 0.3 is 0 Å². The number of hydrogen-bond donors (Lipinski definition) is 1. The van der Waals surface area contributed by atoms with Crippen LogP contribution in [0.2, 0.25) is 0 Å². The molecule has 0 aliphatic rings. The number of thiol groups is 1. The predicted molar refractivity (Wildman–Crippen MR) is 66.0 cm³/mol. The molecule has 0 fully saturated rings. The van der Waals surface area contributed by atoms with Gasteiger partial charge in [0, 0.05) is 6.54 Å². The van der Waals surface area contributed by atoms with Crippen molar-refractivity contribution in [1.82, 2.24) is 4.90 Å². The van der Waals surface area contributed by atoms with Crippen LogP contribution in [0.1, 0.15) is 18.9 Å². The molecule has 1 unspecified atom stereocenters. The molecule has 1 aromatic carbocycles. The van der Waals surface area contributed by atoms with Crippen molar-refractivity contribution in [2.24, 2.45) is 0 Å². The lowest BCUT2D eigenvalue weighted by Crippen LogP contribution is -2.32. The summed E-state index contributed by atoms with van der Waals surface area (Å²) in [6, 6.07) is 10.5. The largest absolute Gasteiger partial charge is 0.308 e. The Hall–Kier alpha value is -0.470. The second-order valence-electron chi connectivity index (χ2n) is 3.99. The highest BCUT2D eigenvalue weighted by Crippen LogP contribution is 2.32. The summed E-state index contributed by atoms with van der Waals surface area (Å²) in [6.07, 6.45) is 1.04. The van der Waals surface area contributed by atoms with Crippen molar-refractivity contribution >= 4 is 12.6 Å². The average molecular weight is 209 g/mol. The van der Waals surface area contributed by atoms with E-state index < -0.39 is 0 Å². The predicted octanol–water partition coefficient (Wildman–Crippen LogP) is 2.78. The Morgan fingerprint density at radius 3 is 2.21 bits per heavy atom. The maximum absolute atomic E-state index is 4.81. The Labute approximate surface area is 92.5 Å². The molecule has 0 spiro atoms. The number of likely N-dealkylation sites (N-methyl/N-ethyl adjacent to an activating group) is 1. The van der Waals surface area contributed by atoms with Gasteiger partial charge in [-0.15, -0.1) is 0 Å². The van der Waals surface area contributed by atoms with Gasteiger partial charge in [-0.1, -0.05) is 37.3 Å². The minimum absolute atomic E-state index is 0.0231. The molecular weight excluding hydrogens is 190 g/mol. The van der Waals surface area contributed by atoms with Crippen LogP contribution < -0.4 is 0 Å². The van der Waals surface area contributed by atoms with E-state index in [1.807, 2.05) is 6.07 Å². The van der Waals surface area contributed by atoms with E-state index in [-0.39, 0.29) is 4.75 Å². The lowest BCUT2D eigenvalue weighted by molar-refractivity contribution is 0.349. The molecule has 1 nitrogen and oxygen atoms in total. The van der Waals surface area contributed by atoms with Gasteiger partial charge in [0.25, 0.3) is 0 Å². The molecule has 14 heavy (non-hydrogen) atoms. The van der Waals surface area contributed by atoms with Gasteiger partial charge in [0.2, 0.25) is 0 Å². The van der Waals surface area contributed by atoms with E-state index in [2.05, 4.69) is 50.2 Å². The van der Waals surface area contributed by atoms with Crippen LogP contribution in [0, 0.1) is 0 Å². The number of hydrogen-bond acceptors (Lipinski definition) is 2. The van der Waals surface area contributed by atoms with E-state index in [0.717, 1.165) is 13.0 Å². The molecule has 2 heteroatoms. The monoisotopic (exact) mass is 209 g/mol. The van der Waals surface area contributed by atoms with Crippen LogP contribution in [0.15, 0.2) is 30.3 Å². The lowest BCUT2D eigenvalue weighted by Gasteiger charge is -2.30. The summed E-state index contributed by atoms with van der Waals surface area (Å²) in [5.74, 6) is 0. The molecule has 0 N–H and O–H groups in total. The fourth-order valence-corrected chi connectivity index (χ4v) is 2.11. The first kappa shape index (κ1) is 11.6. The normalized spacial score (nSPS) is 15.5. The second kappa shape index (κ2) is 4.85. The molecule has 0 saturated heterocycles. The summed E-state index contributed by atoms with van der Waals surface area (Å²) >= 11 is 4.81. The molecule has 78 valence electrons. The van der Waals surface area contributed by atoms with Crippen LogP contribution in [-0.4, -0.2) is 25.5 Å². The van der Waals surface area contributed by atoms with E-state index in [1.54, 1.807) is 0 Å². The van der Waals surface area contributed by atoms with Crippen molar-refractivity contribution in [3.05, 3.63) is 35.9 Å². The van der Waals surface area contributed by atoms with Crippen LogP contribution in [0.5, 0.6) is 0 Å². The average Bonchev–Trinajstić information content (AvgIpc) is 2.18. The fourth-order valence-electron chi connectivity index (χ4n) is 1.68. The van der Waals surface area contributed by atoms with Crippen LogP contribution in [0.3, 0.4) is 0 Å². The third-order valence-electron chi connectivity index (χ3n) is 2.47. The first-order chi connectivity index (χ1) is 6.58. The van der Waals surface area contributed by atoms with E-state index in [1.165, 1.54) is 5.56 Å². The highest BCUT2D eigenvalue weighted by molar-refractivity contribution is 7.81. The summed E-state index contributed by atoms with van der Waals surface area (Å²) in [5.41, 5.74) is 1.31. The second-order valence-corrected chi connectivity index (χ2v) is 4.85. The summed E-state index contributed by atoms with van der Waals surface area (Å²) in [5, 5.41) is 0. The van der Waals surface area contributed by atoms with E-state index in [9.17, 15) is 0 Å². The van der Waals surface area contributed by atoms with Gasteiger partial charge in [-0.25, -0.2) is 0 Å². The smallest absolute Gasteiger partial charge is 0.0502 e. The lowest BCUT2D eigenvalue weighted by atomic mass is 9.95. The van der Waals surface area contributed by atoms with Gasteiger partial charge in [-0.2, -0.15) is 12.6 Å². The molecule has 0 aliphatic carbocycles. The van der Waals surface area contributed by atoms with Gasteiger partial charge < -0.3 is 4.90 Å². The van der Waals surface area contributed by atoms with E-state index in [4.69, 9.17) is 12.6 Å². The van der Waals surface area contributed by atoms with Crippen molar-refractivity contribution in [2.45, 2.75) is 18.1 Å². The van der Waals surface area contributed by atoms with E-state index >= 15 is 0 Å². The van der Waals surface area contributed by atoms with Gasteiger partial charge in [-0.05, 0) is 26.1 Å². The Morgan fingerprint density at radius 2 is 1.79 bits per heavy atom. The first-order valence-corrected chi connectivity index (χ1v) is 5.46. The molecule has 1 aromatic rings. The molecule has 0 bridgehead atoms. The zero-order valence-corrected chi connectivity index (χ0v) is 10.1.